The maximum atomic E-state index is 5.74. The van der Waals surface area contributed by atoms with Crippen molar-refractivity contribution in [1.29, 1.82) is 0 Å². The minimum Gasteiger partial charge on any atom is -0.326 e. The summed E-state index contributed by atoms with van der Waals surface area (Å²) in [5.74, 6) is 0.658. The first kappa shape index (κ1) is 13.3. The summed E-state index contributed by atoms with van der Waals surface area (Å²) >= 11 is 0. The summed E-state index contributed by atoms with van der Waals surface area (Å²) in [6.07, 6.45) is 1.25. The molecule has 2 nitrogen and oxygen atoms in total. The van der Waals surface area contributed by atoms with Gasteiger partial charge < -0.3 is 5.73 Å². The van der Waals surface area contributed by atoms with E-state index in [2.05, 4.69) is 59.5 Å². The third kappa shape index (κ3) is 3.09. The molecule has 0 aromatic heterocycles. The minimum atomic E-state index is 0.633. The van der Waals surface area contributed by atoms with Crippen molar-refractivity contribution in [3.05, 3.63) is 71.3 Å². The summed E-state index contributed by atoms with van der Waals surface area (Å²) in [5.41, 5.74) is 9.83. The van der Waals surface area contributed by atoms with Gasteiger partial charge >= 0.3 is 0 Å². The summed E-state index contributed by atoms with van der Waals surface area (Å²) in [6, 6.07) is 19.5. The third-order valence-electron chi connectivity index (χ3n) is 4.18. The van der Waals surface area contributed by atoms with E-state index in [1.54, 1.807) is 0 Å². The molecule has 1 aliphatic rings. The number of hydrogen-bond acceptors (Lipinski definition) is 2. The van der Waals surface area contributed by atoms with Crippen molar-refractivity contribution in [2.75, 3.05) is 13.1 Å². The molecule has 1 heterocycles. The summed E-state index contributed by atoms with van der Waals surface area (Å²) in [6.45, 7) is 4.04. The molecule has 0 radical (unpaired) electrons. The van der Waals surface area contributed by atoms with E-state index in [9.17, 15) is 0 Å². The maximum absolute atomic E-state index is 5.74. The Balaban J connectivity index is 1.64. The monoisotopic (exact) mass is 266 g/mol. The Kier molecular flexibility index (Phi) is 4.14. The second-order valence-corrected chi connectivity index (χ2v) is 5.66. The second-order valence-electron chi connectivity index (χ2n) is 5.66. The fraction of sp³-hybridized carbons (Fsp3) is 0.333. The molecule has 20 heavy (non-hydrogen) atoms. The molecule has 1 aliphatic heterocycles. The zero-order valence-corrected chi connectivity index (χ0v) is 11.8. The number of nitrogens with two attached hydrogens (primary N) is 1. The van der Waals surface area contributed by atoms with Gasteiger partial charge in [-0.3, -0.25) is 4.90 Å². The van der Waals surface area contributed by atoms with Crippen LogP contribution in [0.5, 0.6) is 0 Å². The average Bonchev–Trinajstić information content (AvgIpc) is 2.97. The average molecular weight is 266 g/mol. The van der Waals surface area contributed by atoms with Crippen LogP contribution in [0.15, 0.2) is 54.6 Å². The number of benzene rings is 2. The van der Waals surface area contributed by atoms with E-state index in [0.29, 0.717) is 12.5 Å². The lowest BCUT2D eigenvalue weighted by molar-refractivity contribution is 0.327. The first-order valence-electron chi connectivity index (χ1n) is 7.40. The molecule has 1 unspecified atom stereocenters. The number of hydrogen-bond donors (Lipinski definition) is 1. The van der Waals surface area contributed by atoms with Crippen LogP contribution in [0.4, 0.5) is 0 Å². The number of nitrogens with zero attached hydrogens (tertiary/aromatic N) is 1. The molecule has 0 saturated carbocycles. The van der Waals surface area contributed by atoms with Crippen molar-refractivity contribution in [1.82, 2.24) is 4.90 Å². The van der Waals surface area contributed by atoms with Crippen molar-refractivity contribution in [3.8, 4) is 0 Å². The van der Waals surface area contributed by atoms with E-state index in [1.807, 2.05) is 0 Å². The quantitative estimate of drug-likeness (QED) is 0.921. The van der Waals surface area contributed by atoms with Crippen LogP contribution in [0.3, 0.4) is 0 Å². The highest BCUT2D eigenvalue weighted by Crippen LogP contribution is 2.28. The fourth-order valence-corrected chi connectivity index (χ4v) is 3.06. The topological polar surface area (TPSA) is 29.3 Å². The van der Waals surface area contributed by atoms with Gasteiger partial charge in [-0.1, -0.05) is 54.6 Å². The van der Waals surface area contributed by atoms with Gasteiger partial charge in [0.2, 0.25) is 0 Å². The summed E-state index contributed by atoms with van der Waals surface area (Å²) in [4.78, 5) is 2.55. The van der Waals surface area contributed by atoms with Gasteiger partial charge in [0.1, 0.15) is 0 Å². The summed E-state index contributed by atoms with van der Waals surface area (Å²) < 4.78 is 0. The highest BCUT2D eigenvalue weighted by Gasteiger charge is 2.23. The second kappa shape index (κ2) is 6.21. The van der Waals surface area contributed by atoms with Gasteiger partial charge in [0, 0.05) is 19.6 Å². The highest BCUT2D eigenvalue weighted by molar-refractivity contribution is 5.27. The Morgan fingerprint density at radius 1 is 1.00 bits per heavy atom. The van der Waals surface area contributed by atoms with Gasteiger partial charge in [-0.05, 0) is 35.6 Å². The Morgan fingerprint density at radius 3 is 2.60 bits per heavy atom. The molecular weight excluding hydrogens is 244 g/mol. The molecule has 2 aromatic carbocycles. The summed E-state index contributed by atoms with van der Waals surface area (Å²) in [7, 11) is 0. The largest absolute Gasteiger partial charge is 0.326 e. The van der Waals surface area contributed by atoms with E-state index in [1.165, 1.54) is 29.7 Å². The van der Waals surface area contributed by atoms with Crippen LogP contribution in [-0.4, -0.2) is 18.0 Å². The van der Waals surface area contributed by atoms with E-state index in [4.69, 9.17) is 5.73 Å². The Morgan fingerprint density at radius 2 is 1.80 bits per heavy atom. The van der Waals surface area contributed by atoms with Gasteiger partial charge in [-0.15, -0.1) is 0 Å². The predicted octanol–water partition coefficient (Wildman–Crippen LogP) is 3.13. The molecule has 0 amide bonds. The standard InChI is InChI=1S/C18H22N2/c19-12-16-7-4-8-17(11-16)18-9-10-20(14-18)13-15-5-2-1-3-6-15/h1-8,11,18H,9-10,12-14,19H2. The molecule has 2 N–H and O–H groups in total. The Bertz CT molecular complexity index is 550. The first-order chi connectivity index (χ1) is 9.85. The normalized spacial score (nSPS) is 19.4. The molecule has 3 rings (SSSR count). The van der Waals surface area contributed by atoms with Gasteiger partial charge in [-0.2, -0.15) is 0 Å². The van der Waals surface area contributed by atoms with Crippen molar-refractivity contribution in [3.63, 3.8) is 0 Å². The fourth-order valence-electron chi connectivity index (χ4n) is 3.06. The smallest absolute Gasteiger partial charge is 0.0233 e. The zero-order chi connectivity index (χ0) is 13.8. The van der Waals surface area contributed by atoms with E-state index >= 15 is 0 Å². The van der Waals surface area contributed by atoms with Crippen LogP contribution in [0.25, 0.3) is 0 Å². The number of rotatable bonds is 4. The van der Waals surface area contributed by atoms with E-state index in [0.717, 1.165) is 13.1 Å². The molecule has 1 saturated heterocycles. The predicted molar refractivity (Wildman–Crippen MR) is 83.4 cm³/mol. The van der Waals surface area contributed by atoms with Gasteiger partial charge in [0.15, 0.2) is 0 Å². The SMILES string of the molecule is NCc1cccc(C2CCN(Cc3ccccc3)C2)c1. The van der Waals surface area contributed by atoms with Crippen LogP contribution in [0.1, 0.15) is 29.0 Å². The van der Waals surface area contributed by atoms with Gasteiger partial charge in [0.25, 0.3) is 0 Å². The maximum Gasteiger partial charge on any atom is 0.0233 e. The van der Waals surface area contributed by atoms with Crippen molar-refractivity contribution in [2.24, 2.45) is 5.73 Å². The van der Waals surface area contributed by atoms with Gasteiger partial charge in [0.05, 0.1) is 0 Å². The molecule has 1 fully saturated rings. The van der Waals surface area contributed by atoms with Crippen molar-refractivity contribution in [2.45, 2.75) is 25.4 Å². The molecule has 1 atom stereocenters. The van der Waals surface area contributed by atoms with Crippen LogP contribution < -0.4 is 5.73 Å². The molecular formula is C18H22N2. The van der Waals surface area contributed by atoms with E-state index < -0.39 is 0 Å². The summed E-state index contributed by atoms with van der Waals surface area (Å²) in [5, 5.41) is 0. The van der Waals surface area contributed by atoms with Crippen LogP contribution >= 0.6 is 0 Å². The molecule has 0 bridgehead atoms. The van der Waals surface area contributed by atoms with Crippen molar-refractivity contribution >= 4 is 0 Å². The molecule has 0 aliphatic carbocycles. The highest BCUT2D eigenvalue weighted by atomic mass is 15.1. The van der Waals surface area contributed by atoms with E-state index in [-0.39, 0.29) is 0 Å². The molecule has 0 spiro atoms. The van der Waals surface area contributed by atoms with Crippen LogP contribution in [0, 0.1) is 0 Å². The lowest BCUT2D eigenvalue weighted by atomic mass is 9.97. The van der Waals surface area contributed by atoms with Crippen molar-refractivity contribution < 1.29 is 0 Å². The minimum absolute atomic E-state index is 0.633. The number of likely N-dealkylation sites (tertiary alicyclic amines) is 1. The first-order valence-corrected chi connectivity index (χ1v) is 7.40. The molecule has 2 heteroatoms. The Hall–Kier alpha value is -1.64. The lowest BCUT2D eigenvalue weighted by Gasteiger charge is -2.16. The van der Waals surface area contributed by atoms with Gasteiger partial charge in [-0.25, -0.2) is 0 Å². The third-order valence-corrected chi connectivity index (χ3v) is 4.18. The Labute approximate surface area is 121 Å². The zero-order valence-electron chi connectivity index (χ0n) is 11.8. The lowest BCUT2D eigenvalue weighted by Crippen LogP contribution is -2.19. The van der Waals surface area contributed by atoms with Crippen LogP contribution in [-0.2, 0) is 13.1 Å². The molecule has 2 aromatic rings. The molecule has 104 valence electrons. The van der Waals surface area contributed by atoms with Crippen LogP contribution in [0.2, 0.25) is 0 Å².